The van der Waals surface area contributed by atoms with Crippen molar-refractivity contribution in [2.24, 2.45) is 0 Å². The zero-order valence-electron chi connectivity index (χ0n) is 17.4. The summed E-state index contributed by atoms with van der Waals surface area (Å²) in [5.74, 6) is -0.229. The van der Waals surface area contributed by atoms with E-state index in [1.807, 2.05) is 29.2 Å². The van der Waals surface area contributed by atoms with E-state index in [0.29, 0.717) is 12.1 Å². The molecule has 0 radical (unpaired) electrons. The van der Waals surface area contributed by atoms with E-state index in [0.717, 1.165) is 49.8 Å². The van der Waals surface area contributed by atoms with Gasteiger partial charge in [-0.15, -0.1) is 0 Å². The smallest absolute Gasteiger partial charge is 0.257 e. The van der Waals surface area contributed by atoms with E-state index in [1.165, 1.54) is 6.42 Å². The van der Waals surface area contributed by atoms with Crippen molar-refractivity contribution in [3.63, 3.8) is 0 Å². The molecular formula is C24H28ClN3O2. The molecule has 2 heterocycles. The van der Waals surface area contributed by atoms with Gasteiger partial charge in [0.25, 0.3) is 11.8 Å². The molecule has 6 heteroatoms. The van der Waals surface area contributed by atoms with Gasteiger partial charge in [0, 0.05) is 30.0 Å². The van der Waals surface area contributed by atoms with E-state index in [-0.39, 0.29) is 23.0 Å². The molecule has 0 bridgehead atoms. The van der Waals surface area contributed by atoms with Crippen LogP contribution in [0.25, 0.3) is 0 Å². The zero-order valence-corrected chi connectivity index (χ0v) is 18.1. The molecular weight excluding hydrogens is 398 g/mol. The van der Waals surface area contributed by atoms with Crippen LogP contribution >= 0.6 is 11.6 Å². The van der Waals surface area contributed by atoms with Gasteiger partial charge in [0.05, 0.1) is 5.56 Å². The van der Waals surface area contributed by atoms with Gasteiger partial charge in [-0.2, -0.15) is 0 Å². The van der Waals surface area contributed by atoms with Gasteiger partial charge < -0.3 is 9.80 Å². The minimum Gasteiger partial charge on any atom is -0.322 e. The maximum Gasteiger partial charge on any atom is 0.257 e. The number of pyridine rings is 1. The molecule has 158 valence electrons. The van der Waals surface area contributed by atoms with Gasteiger partial charge in [0.1, 0.15) is 11.2 Å². The van der Waals surface area contributed by atoms with Gasteiger partial charge in [-0.25, -0.2) is 4.98 Å². The summed E-state index contributed by atoms with van der Waals surface area (Å²) < 4.78 is 0. The van der Waals surface area contributed by atoms with Gasteiger partial charge in [-0.1, -0.05) is 62.4 Å². The number of carbonyl (C=O) groups is 2. The van der Waals surface area contributed by atoms with Crippen molar-refractivity contribution in [3.8, 4) is 0 Å². The fraction of sp³-hybridized carbons (Fsp3) is 0.458. The van der Waals surface area contributed by atoms with E-state index >= 15 is 0 Å². The Kier molecular flexibility index (Phi) is 6.38. The standard InChI is InChI=1S/C24H28ClN3O2/c1-2-3-16-27(23(29)19-13-9-15-26-22(19)25)21-18-12-7-8-14-20(18)28(24(21)30)17-10-5-4-6-11-17/h7-9,12-15,17,21H,2-6,10-11,16H2,1H3. The molecule has 0 N–H and O–H groups in total. The first-order chi connectivity index (χ1) is 14.6. The normalized spacial score (nSPS) is 19.1. The molecule has 1 atom stereocenters. The Morgan fingerprint density at radius 2 is 1.93 bits per heavy atom. The van der Waals surface area contributed by atoms with Crippen LogP contribution in [0.15, 0.2) is 42.6 Å². The Bertz CT molecular complexity index is 926. The van der Waals surface area contributed by atoms with Crippen molar-refractivity contribution < 1.29 is 9.59 Å². The largest absolute Gasteiger partial charge is 0.322 e. The number of rotatable bonds is 6. The molecule has 1 aromatic carbocycles. The van der Waals surface area contributed by atoms with Crippen LogP contribution in [0.2, 0.25) is 5.15 Å². The van der Waals surface area contributed by atoms with E-state index < -0.39 is 6.04 Å². The lowest BCUT2D eigenvalue weighted by Crippen LogP contribution is -2.45. The monoisotopic (exact) mass is 425 g/mol. The molecule has 5 nitrogen and oxygen atoms in total. The number of anilines is 1. The molecule has 2 aromatic rings. The Morgan fingerprint density at radius 1 is 1.17 bits per heavy atom. The highest BCUT2D eigenvalue weighted by Crippen LogP contribution is 2.43. The van der Waals surface area contributed by atoms with E-state index in [4.69, 9.17) is 11.6 Å². The molecule has 1 unspecified atom stereocenters. The quantitative estimate of drug-likeness (QED) is 0.582. The molecule has 1 saturated carbocycles. The fourth-order valence-corrected chi connectivity index (χ4v) is 4.92. The molecule has 30 heavy (non-hydrogen) atoms. The summed E-state index contributed by atoms with van der Waals surface area (Å²) in [6.07, 6.45) is 8.86. The van der Waals surface area contributed by atoms with Crippen LogP contribution in [-0.2, 0) is 4.79 Å². The third-order valence-electron chi connectivity index (χ3n) is 6.22. The number of amides is 2. The van der Waals surface area contributed by atoms with Crippen molar-refractivity contribution in [2.45, 2.75) is 64.0 Å². The van der Waals surface area contributed by atoms with Crippen LogP contribution in [-0.4, -0.2) is 34.3 Å². The van der Waals surface area contributed by atoms with Crippen molar-refractivity contribution in [2.75, 3.05) is 11.4 Å². The Labute approximate surface area is 183 Å². The number of aromatic nitrogens is 1. The van der Waals surface area contributed by atoms with Crippen molar-refractivity contribution >= 4 is 29.1 Å². The molecule has 1 aromatic heterocycles. The van der Waals surface area contributed by atoms with Crippen LogP contribution in [0.3, 0.4) is 0 Å². The van der Waals surface area contributed by atoms with Crippen LogP contribution < -0.4 is 4.90 Å². The number of unbranched alkanes of at least 4 members (excludes halogenated alkanes) is 1. The van der Waals surface area contributed by atoms with Crippen LogP contribution in [0.1, 0.15) is 73.8 Å². The summed E-state index contributed by atoms with van der Waals surface area (Å²) in [4.78, 5) is 35.0. The minimum atomic E-state index is -0.613. The average Bonchev–Trinajstić information content (AvgIpc) is 3.07. The Hall–Kier alpha value is -2.40. The first kappa shape index (κ1) is 20.9. The van der Waals surface area contributed by atoms with Gasteiger partial charge in [-0.05, 0) is 37.5 Å². The SMILES string of the molecule is CCCCN(C(=O)c1cccnc1Cl)C1C(=O)N(C2CCCCC2)c2ccccc21. The predicted octanol–water partition coefficient (Wildman–Crippen LogP) is 5.40. The van der Waals surface area contributed by atoms with Gasteiger partial charge >= 0.3 is 0 Å². The number of halogens is 1. The van der Waals surface area contributed by atoms with E-state index in [9.17, 15) is 9.59 Å². The second kappa shape index (κ2) is 9.17. The first-order valence-electron chi connectivity index (χ1n) is 11.0. The summed E-state index contributed by atoms with van der Waals surface area (Å²) in [5.41, 5.74) is 2.21. The highest BCUT2D eigenvalue weighted by atomic mass is 35.5. The number of benzene rings is 1. The van der Waals surface area contributed by atoms with Crippen molar-refractivity contribution in [1.29, 1.82) is 0 Å². The molecule has 2 aliphatic rings. The lowest BCUT2D eigenvalue weighted by Gasteiger charge is -2.33. The second-order valence-electron chi connectivity index (χ2n) is 8.16. The molecule has 1 aliphatic heterocycles. The summed E-state index contributed by atoms with van der Waals surface area (Å²) in [7, 11) is 0. The second-order valence-corrected chi connectivity index (χ2v) is 8.51. The van der Waals surface area contributed by atoms with Crippen LogP contribution in [0, 0.1) is 0 Å². The Balaban J connectivity index is 1.74. The van der Waals surface area contributed by atoms with Crippen molar-refractivity contribution in [3.05, 3.63) is 58.9 Å². The fourth-order valence-electron chi connectivity index (χ4n) is 4.72. The third kappa shape index (κ3) is 3.83. The molecule has 0 saturated heterocycles. The average molecular weight is 426 g/mol. The zero-order chi connectivity index (χ0) is 21.1. The summed E-state index contributed by atoms with van der Waals surface area (Å²) >= 11 is 6.24. The van der Waals surface area contributed by atoms with E-state index in [1.54, 1.807) is 23.2 Å². The number of carbonyl (C=O) groups excluding carboxylic acids is 2. The Morgan fingerprint density at radius 3 is 2.67 bits per heavy atom. The van der Waals surface area contributed by atoms with Gasteiger partial charge in [0.2, 0.25) is 0 Å². The summed E-state index contributed by atoms with van der Waals surface area (Å²) in [5, 5.41) is 0.173. The van der Waals surface area contributed by atoms with Crippen LogP contribution in [0.5, 0.6) is 0 Å². The molecule has 1 fully saturated rings. The topological polar surface area (TPSA) is 53.5 Å². The molecule has 1 aliphatic carbocycles. The summed E-state index contributed by atoms with van der Waals surface area (Å²) in [6, 6.07) is 10.9. The van der Waals surface area contributed by atoms with Crippen molar-refractivity contribution in [1.82, 2.24) is 9.88 Å². The highest BCUT2D eigenvalue weighted by Gasteiger charge is 2.45. The first-order valence-corrected chi connectivity index (χ1v) is 11.3. The molecule has 2 amide bonds. The lowest BCUT2D eigenvalue weighted by molar-refractivity contribution is -0.123. The predicted molar refractivity (Wildman–Crippen MR) is 119 cm³/mol. The van der Waals surface area contributed by atoms with E-state index in [2.05, 4.69) is 11.9 Å². The number of fused-ring (bicyclic) bond motifs is 1. The maximum absolute atomic E-state index is 13.8. The maximum atomic E-state index is 13.8. The van der Waals surface area contributed by atoms with Gasteiger partial charge in [-0.3, -0.25) is 9.59 Å². The van der Waals surface area contributed by atoms with Gasteiger partial charge in [0.15, 0.2) is 0 Å². The lowest BCUT2D eigenvalue weighted by atomic mass is 9.94. The number of para-hydroxylation sites is 1. The number of nitrogens with zero attached hydrogens (tertiary/aromatic N) is 3. The number of hydrogen-bond donors (Lipinski definition) is 0. The summed E-state index contributed by atoms with van der Waals surface area (Å²) in [6.45, 7) is 2.59. The number of hydrogen-bond acceptors (Lipinski definition) is 3. The molecule has 0 spiro atoms. The van der Waals surface area contributed by atoms with Crippen LogP contribution in [0.4, 0.5) is 5.69 Å². The highest BCUT2D eigenvalue weighted by molar-refractivity contribution is 6.32. The minimum absolute atomic E-state index is 0.00701. The molecule has 4 rings (SSSR count). The third-order valence-corrected chi connectivity index (χ3v) is 6.52.